The number of benzene rings is 2. The van der Waals surface area contributed by atoms with Crippen LogP contribution in [-0.4, -0.2) is 53.3 Å². The van der Waals surface area contributed by atoms with Crippen molar-refractivity contribution in [2.45, 2.75) is 19.0 Å². The molecule has 1 amide bonds. The van der Waals surface area contributed by atoms with E-state index in [2.05, 4.69) is 5.32 Å². The molecule has 7 heteroatoms. The minimum absolute atomic E-state index is 0.154. The zero-order chi connectivity index (χ0) is 19.6. The van der Waals surface area contributed by atoms with Gasteiger partial charge in [0.25, 0.3) is 0 Å². The molecule has 0 spiro atoms. The number of aliphatic carboxylic acids is 1. The minimum Gasteiger partial charge on any atom is -0.497 e. The first-order valence-corrected chi connectivity index (χ1v) is 8.59. The van der Waals surface area contributed by atoms with Crippen molar-refractivity contribution >= 4 is 17.6 Å². The molecule has 0 unspecified atom stereocenters. The van der Waals surface area contributed by atoms with Crippen molar-refractivity contribution in [3.63, 3.8) is 0 Å². The van der Waals surface area contributed by atoms with Crippen LogP contribution in [0.4, 0.5) is 5.69 Å². The standard InChI is InChI=1S/C20H24N2O5/c1-27-17-9-7-16(8-10-17)21-19(24)13-18(20(25)26)22(11-12-23)14-15-5-3-2-4-6-15/h2-10,18,23H,11-14H2,1H3,(H,21,24)(H,25,26)/t18-/m1/s1. The molecule has 2 rings (SSSR count). The van der Waals surface area contributed by atoms with E-state index in [-0.39, 0.29) is 19.6 Å². The van der Waals surface area contributed by atoms with Crippen LogP contribution in [0.25, 0.3) is 0 Å². The van der Waals surface area contributed by atoms with Gasteiger partial charge in [0, 0.05) is 18.8 Å². The molecule has 0 aliphatic heterocycles. The Morgan fingerprint density at radius 3 is 2.33 bits per heavy atom. The second-order valence-electron chi connectivity index (χ2n) is 6.01. The molecule has 0 aliphatic carbocycles. The molecule has 0 fully saturated rings. The number of amides is 1. The Labute approximate surface area is 158 Å². The molecule has 2 aromatic carbocycles. The number of rotatable bonds is 10. The molecule has 144 valence electrons. The molecule has 2 aromatic rings. The van der Waals surface area contributed by atoms with Gasteiger partial charge in [-0.1, -0.05) is 30.3 Å². The summed E-state index contributed by atoms with van der Waals surface area (Å²) in [4.78, 5) is 25.7. The van der Waals surface area contributed by atoms with Crippen molar-refractivity contribution in [1.29, 1.82) is 0 Å². The third-order valence-electron chi connectivity index (χ3n) is 4.09. The van der Waals surface area contributed by atoms with Crippen molar-refractivity contribution in [3.05, 3.63) is 60.2 Å². The summed E-state index contributed by atoms with van der Waals surface area (Å²) in [6.45, 7) is 0.284. The molecule has 0 aromatic heterocycles. The molecule has 0 radical (unpaired) electrons. The van der Waals surface area contributed by atoms with E-state index in [1.807, 2.05) is 30.3 Å². The summed E-state index contributed by atoms with van der Waals surface area (Å²) < 4.78 is 5.06. The van der Waals surface area contributed by atoms with Crippen LogP contribution in [0.2, 0.25) is 0 Å². The first-order valence-electron chi connectivity index (χ1n) is 8.59. The number of carboxylic acid groups (broad SMARTS) is 1. The number of ether oxygens (including phenoxy) is 1. The van der Waals surface area contributed by atoms with Crippen LogP contribution in [0.15, 0.2) is 54.6 Å². The monoisotopic (exact) mass is 372 g/mol. The molecule has 0 saturated carbocycles. The van der Waals surface area contributed by atoms with Gasteiger partial charge in [-0.2, -0.15) is 0 Å². The Morgan fingerprint density at radius 1 is 1.11 bits per heavy atom. The second-order valence-corrected chi connectivity index (χ2v) is 6.01. The van der Waals surface area contributed by atoms with Gasteiger partial charge in [0.1, 0.15) is 11.8 Å². The predicted octanol–water partition coefficient (Wildman–Crippen LogP) is 1.97. The lowest BCUT2D eigenvalue weighted by Crippen LogP contribution is -2.44. The molecule has 3 N–H and O–H groups in total. The van der Waals surface area contributed by atoms with Gasteiger partial charge in [-0.25, -0.2) is 0 Å². The van der Waals surface area contributed by atoms with Gasteiger partial charge in [-0.15, -0.1) is 0 Å². The Hall–Kier alpha value is -2.90. The van der Waals surface area contributed by atoms with E-state index in [0.29, 0.717) is 18.0 Å². The number of carbonyl (C=O) groups excluding carboxylic acids is 1. The predicted molar refractivity (Wildman–Crippen MR) is 102 cm³/mol. The Kier molecular flexibility index (Phi) is 7.79. The van der Waals surface area contributed by atoms with Gasteiger partial charge in [-0.3, -0.25) is 14.5 Å². The van der Waals surface area contributed by atoms with E-state index >= 15 is 0 Å². The third kappa shape index (κ3) is 6.40. The quantitative estimate of drug-likeness (QED) is 0.590. The number of anilines is 1. The van der Waals surface area contributed by atoms with E-state index in [1.165, 1.54) is 0 Å². The largest absolute Gasteiger partial charge is 0.497 e. The van der Waals surface area contributed by atoms with Crippen molar-refractivity contribution in [2.24, 2.45) is 0 Å². The number of nitrogens with zero attached hydrogens (tertiary/aromatic N) is 1. The van der Waals surface area contributed by atoms with Crippen LogP contribution in [0.1, 0.15) is 12.0 Å². The van der Waals surface area contributed by atoms with Gasteiger partial charge >= 0.3 is 5.97 Å². The van der Waals surface area contributed by atoms with E-state index in [1.54, 1.807) is 36.3 Å². The summed E-state index contributed by atoms with van der Waals surface area (Å²) in [6.07, 6.45) is -0.228. The first-order chi connectivity index (χ1) is 13.0. The van der Waals surface area contributed by atoms with E-state index in [9.17, 15) is 19.8 Å². The highest BCUT2D eigenvalue weighted by Gasteiger charge is 2.28. The second kappa shape index (κ2) is 10.3. The zero-order valence-electron chi connectivity index (χ0n) is 15.2. The van der Waals surface area contributed by atoms with Gasteiger partial charge in [-0.05, 0) is 29.8 Å². The molecule has 1 atom stereocenters. The maximum Gasteiger partial charge on any atom is 0.321 e. The maximum atomic E-state index is 12.3. The van der Waals surface area contributed by atoms with Crippen molar-refractivity contribution in [1.82, 2.24) is 4.90 Å². The summed E-state index contributed by atoms with van der Waals surface area (Å²) >= 11 is 0. The number of nitrogens with one attached hydrogen (secondary N) is 1. The van der Waals surface area contributed by atoms with Crippen molar-refractivity contribution in [3.8, 4) is 5.75 Å². The third-order valence-corrected chi connectivity index (χ3v) is 4.09. The maximum absolute atomic E-state index is 12.3. The van der Waals surface area contributed by atoms with Crippen LogP contribution in [0.3, 0.4) is 0 Å². The fourth-order valence-electron chi connectivity index (χ4n) is 2.73. The van der Waals surface area contributed by atoms with Crippen LogP contribution in [0, 0.1) is 0 Å². The highest BCUT2D eigenvalue weighted by atomic mass is 16.5. The van der Waals surface area contributed by atoms with Crippen LogP contribution in [-0.2, 0) is 16.1 Å². The summed E-state index contributed by atoms with van der Waals surface area (Å²) in [5.41, 5.74) is 1.47. The van der Waals surface area contributed by atoms with Crippen LogP contribution in [0.5, 0.6) is 5.75 Å². The summed E-state index contributed by atoms with van der Waals surface area (Å²) in [5.74, 6) is -0.860. The average Bonchev–Trinajstić information content (AvgIpc) is 2.67. The zero-order valence-corrected chi connectivity index (χ0v) is 15.2. The highest BCUT2D eigenvalue weighted by Crippen LogP contribution is 2.17. The summed E-state index contributed by atoms with van der Waals surface area (Å²) in [7, 11) is 1.55. The average molecular weight is 372 g/mol. The first kappa shape index (κ1) is 20.4. The number of aliphatic hydroxyl groups is 1. The van der Waals surface area contributed by atoms with E-state index < -0.39 is 17.9 Å². The van der Waals surface area contributed by atoms with Gasteiger partial charge < -0.3 is 20.3 Å². The molecule has 0 saturated heterocycles. The number of hydrogen-bond donors (Lipinski definition) is 3. The molecular formula is C20H24N2O5. The molecule has 7 nitrogen and oxygen atoms in total. The van der Waals surface area contributed by atoms with Gasteiger partial charge in [0.05, 0.1) is 20.1 Å². The van der Waals surface area contributed by atoms with Crippen LogP contribution >= 0.6 is 0 Å². The minimum atomic E-state index is -1.11. The lowest BCUT2D eigenvalue weighted by molar-refractivity contribution is -0.145. The Morgan fingerprint density at radius 2 is 1.78 bits per heavy atom. The fourth-order valence-corrected chi connectivity index (χ4v) is 2.73. The summed E-state index contributed by atoms with van der Waals surface area (Å²) in [5, 5.41) is 21.6. The van der Waals surface area contributed by atoms with Crippen molar-refractivity contribution < 1.29 is 24.5 Å². The number of carboxylic acids is 1. The summed E-state index contributed by atoms with van der Waals surface area (Å²) in [6, 6.07) is 15.1. The van der Waals surface area contributed by atoms with Gasteiger partial charge in [0.2, 0.25) is 5.91 Å². The number of hydrogen-bond acceptors (Lipinski definition) is 5. The molecule has 0 aliphatic rings. The number of aliphatic hydroxyl groups excluding tert-OH is 1. The Bertz CT molecular complexity index is 734. The molecule has 0 heterocycles. The topological polar surface area (TPSA) is 99.1 Å². The lowest BCUT2D eigenvalue weighted by Gasteiger charge is -2.28. The van der Waals surface area contributed by atoms with Crippen LogP contribution < -0.4 is 10.1 Å². The number of methoxy groups -OCH3 is 1. The number of carbonyl (C=O) groups is 2. The fraction of sp³-hybridized carbons (Fsp3) is 0.300. The lowest BCUT2D eigenvalue weighted by atomic mass is 10.1. The van der Waals surface area contributed by atoms with E-state index in [4.69, 9.17) is 4.74 Å². The van der Waals surface area contributed by atoms with Crippen molar-refractivity contribution in [2.75, 3.05) is 25.6 Å². The molecule has 27 heavy (non-hydrogen) atoms. The molecule has 0 bridgehead atoms. The normalized spacial score (nSPS) is 11.8. The SMILES string of the molecule is COc1ccc(NC(=O)C[C@H](C(=O)O)N(CCO)Cc2ccccc2)cc1. The van der Waals surface area contributed by atoms with E-state index in [0.717, 1.165) is 5.56 Å². The smallest absolute Gasteiger partial charge is 0.321 e. The van der Waals surface area contributed by atoms with Gasteiger partial charge in [0.15, 0.2) is 0 Å². The highest BCUT2D eigenvalue weighted by molar-refractivity contribution is 5.94. The Balaban J connectivity index is 2.06. The molecular weight excluding hydrogens is 348 g/mol.